The molecule has 24 heavy (non-hydrogen) atoms. The molecule has 1 atom stereocenters. The second kappa shape index (κ2) is 6.26. The van der Waals surface area contributed by atoms with Crippen molar-refractivity contribution in [2.45, 2.75) is 35.2 Å². The lowest BCUT2D eigenvalue weighted by molar-refractivity contribution is -0.147. The minimum Gasteiger partial charge on any atom is -0.458 e. The van der Waals surface area contributed by atoms with Gasteiger partial charge in [-0.15, -0.1) is 0 Å². The molecule has 1 aliphatic rings. The van der Waals surface area contributed by atoms with Crippen molar-refractivity contribution in [2.24, 2.45) is 5.14 Å². The number of nitrogens with two attached hydrogens (primary N) is 1. The summed E-state index contributed by atoms with van der Waals surface area (Å²) >= 11 is 5.76. The zero-order valence-corrected chi connectivity index (χ0v) is 15.4. The summed E-state index contributed by atoms with van der Waals surface area (Å²) in [4.78, 5) is 10.5. The highest BCUT2D eigenvalue weighted by Gasteiger charge is 2.39. The number of benzene rings is 1. The first-order valence-corrected chi connectivity index (χ1v) is 10.2. The zero-order chi connectivity index (χ0) is 18.3. The molecule has 1 aromatic carbocycles. The van der Waals surface area contributed by atoms with Crippen molar-refractivity contribution < 1.29 is 26.4 Å². The number of hydrogen-bond acceptors (Lipinski definition) is 6. The van der Waals surface area contributed by atoms with Gasteiger partial charge in [0.15, 0.2) is 0 Å². The first-order valence-electron chi connectivity index (χ1n) is 6.86. The van der Waals surface area contributed by atoms with Gasteiger partial charge in [0.05, 0.1) is 16.5 Å². The highest BCUT2D eigenvalue weighted by atomic mass is 35.5. The third-order valence-corrected chi connectivity index (χ3v) is 6.88. The molecular weight excluding hydrogens is 380 g/mol. The second-order valence-corrected chi connectivity index (χ2v) is 9.80. The number of carbonyl (C=O) groups is 1. The number of likely N-dealkylation sites (N-methyl/N-ethyl adjacent to an activating group) is 1. The van der Waals surface area contributed by atoms with E-state index in [1.54, 1.807) is 6.92 Å². The van der Waals surface area contributed by atoms with E-state index in [9.17, 15) is 21.6 Å². The maximum atomic E-state index is 12.6. The minimum atomic E-state index is -4.17. The summed E-state index contributed by atoms with van der Waals surface area (Å²) in [7, 11) is -6.87. The topological polar surface area (TPSA) is 124 Å². The Morgan fingerprint density at radius 1 is 1.33 bits per heavy atom. The molecule has 1 saturated heterocycles. The van der Waals surface area contributed by atoms with Crippen LogP contribution in [0.5, 0.6) is 0 Å². The molecule has 0 amide bonds. The number of cyclic esters (lactones) is 1. The summed E-state index contributed by atoms with van der Waals surface area (Å²) in [5.41, 5.74) is -0.923. The lowest BCUT2D eigenvalue weighted by Crippen LogP contribution is -2.41. The van der Waals surface area contributed by atoms with Crippen LogP contribution in [-0.2, 0) is 29.6 Å². The fraction of sp³-hybridized carbons (Fsp3) is 0.462. The molecule has 1 aromatic rings. The predicted octanol–water partition coefficient (Wildman–Crippen LogP) is 0.704. The van der Waals surface area contributed by atoms with Crippen LogP contribution in [0.2, 0.25) is 5.02 Å². The van der Waals surface area contributed by atoms with E-state index in [1.807, 2.05) is 0 Å². The van der Waals surface area contributed by atoms with Crippen LogP contribution >= 0.6 is 11.6 Å². The van der Waals surface area contributed by atoms with E-state index in [-0.39, 0.29) is 28.9 Å². The number of carbonyl (C=O) groups excluding carboxylic acids is 1. The Hall–Kier alpha value is -1.20. The number of rotatable bonds is 5. The molecule has 8 nitrogen and oxygen atoms in total. The molecule has 0 aromatic heterocycles. The summed E-state index contributed by atoms with van der Waals surface area (Å²) in [5.74, 6) is -0.383. The Morgan fingerprint density at radius 3 is 2.46 bits per heavy atom. The molecule has 0 radical (unpaired) electrons. The lowest BCUT2D eigenvalue weighted by atomic mass is 10.0. The van der Waals surface area contributed by atoms with Crippen molar-refractivity contribution in [1.82, 2.24) is 4.31 Å². The minimum absolute atomic E-state index is 0.0611. The highest BCUT2D eigenvalue weighted by molar-refractivity contribution is 7.90. The Morgan fingerprint density at radius 2 is 1.96 bits per heavy atom. The van der Waals surface area contributed by atoms with Gasteiger partial charge >= 0.3 is 5.97 Å². The van der Waals surface area contributed by atoms with E-state index in [2.05, 4.69) is 0 Å². The van der Waals surface area contributed by atoms with Crippen molar-refractivity contribution in [2.75, 3.05) is 13.6 Å². The maximum Gasteiger partial charge on any atom is 0.306 e. The van der Waals surface area contributed by atoms with E-state index in [1.165, 1.54) is 13.1 Å². The van der Waals surface area contributed by atoms with Gasteiger partial charge in [0, 0.05) is 13.5 Å². The van der Waals surface area contributed by atoms with E-state index in [4.69, 9.17) is 21.5 Å². The monoisotopic (exact) mass is 396 g/mol. The number of ether oxygens (including phenoxy) is 1. The Balaban J connectivity index is 2.35. The third kappa shape index (κ3) is 3.89. The molecule has 1 heterocycles. The maximum absolute atomic E-state index is 12.6. The van der Waals surface area contributed by atoms with Crippen LogP contribution in [0.25, 0.3) is 0 Å². The van der Waals surface area contributed by atoms with Gasteiger partial charge in [0.25, 0.3) is 0 Å². The first-order chi connectivity index (χ1) is 10.8. The van der Waals surface area contributed by atoms with Crippen molar-refractivity contribution >= 4 is 37.6 Å². The number of hydrogen-bond donors (Lipinski definition) is 1. The molecule has 1 fully saturated rings. The molecule has 0 bridgehead atoms. The Bertz CT molecular complexity index is 884. The average Bonchev–Trinajstić information content (AvgIpc) is 2.76. The summed E-state index contributed by atoms with van der Waals surface area (Å²) in [6.45, 7) is 1.58. The van der Waals surface area contributed by atoms with Crippen LogP contribution in [0.15, 0.2) is 28.0 Å². The number of sulfonamides is 2. The number of esters is 1. The van der Waals surface area contributed by atoms with Gasteiger partial charge in [-0.05, 0) is 31.5 Å². The summed E-state index contributed by atoms with van der Waals surface area (Å²) < 4.78 is 54.4. The number of nitrogens with zero attached hydrogens (tertiary/aromatic N) is 1. The van der Waals surface area contributed by atoms with Crippen LogP contribution in [0.3, 0.4) is 0 Å². The Labute approximate surface area is 145 Å². The van der Waals surface area contributed by atoms with Crippen molar-refractivity contribution in [3.05, 3.63) is 23.2 Å². The van der Waals surface area contributed by atoms with Gasteiger partial charge in [-0.3, -0.25) is 4.79 Å². The normalized spacial score (nSPS) is 22.0. The molecule has 134 valence electrons. The van der Waals surface area contributed by atoms with Crippen molar-refractivity contribution in [1.29, 1.82) is 0 Å². The van der Waals surface area contributed by atoms with E-state index >= 15 is 0 Å². The molecule has 2 N–H and O–H groups in total. The molecule has 11 heteroatoms. The zero-order valence-electron chi connectivity index (χ0n) is 13.0. The highest BCUT2D eigenvalue weighted by Crippen LogP contribution is 2.30. The summed E-state index contributed by atoms with van der Waals surface area (Å²) in [6, 6.07) is 3.25. The molecule has 2 rings (SSSR count). The molecule has 0 saturated carbocycles. The van der Waals surface area contributed by atoms with Gasteiger partial charge < -0.3 is 4.74 Å². The van der Waals surface area contributed by atoms with Crippen molar-refractivity contribution in [3.63, 3.8) is 0 Å². The van der Waals surface area contributed by atoms with Gasteiger partial charge in [0.2, 0.25) is 20.0 Å². The smallest absolute Gasteiger partial charge is 0.306 e. The average molecular weight is 397 g/mol. The molecule has 1 unspecified atom stereocenters. The Kier molecular flexibility index (Phi) is 4.99. The summed E-state index contributed by atoms with van der Waals surface area (Å²) in [6.07, 6.45) is 0.621. The van der Waals surface area contributed by atoms with Gasteiger partial charge in [-0.1, -0.05) is 11.6 Å². The standard InChI is InChI=1S/C13H17ClN2O6S2/c1-13(6-5-12(17)22-13)8-16(2)24(20,21)9-3-4-10(14)11(7-9)23(15,18)19/h3-4,7H,5-6,8H2,1-2H3,(H2,15,18,19). The van der Waals surface area contributed by atoms with Gasteiger partial charge in [-0.2, -0.15) is 4.31 Å². The molecule has 0 aliphatic carbocycles. The van der Waals surface area contributed by atoms with Gasteiger partial charge in [0.1, 0.15) is 10.5 Å². The van der Waals surface area contributed by atoms with Crippen LogP contribution < -0.4 is 5.14 Å². The predicted molar refractivity (Wildman–Crippen MR) is 86.4 cm³/mol. The van der Waals surface area contributed by atoms with Crippen molar-refractivity contribution in [3.8, 4) is 0 Å². The third-order valence-electron chi connectivity index (χ3n) is 3.69. The van der Waals surface area contributed by atoms with E-state index in [0.29, 0.717) is 6.42 Å². The fourth-order valence-electron chi connectivity index (χ4n) is 2.45. The molecule has 1 aliphatic heterocycles. The fourth-order valence-corrected chi connectivity index (χ4v) is 4.91. The number of primary sulfonamides is 1. The van der Waals surface area contributed by atoms with Gasteiger partial charge in [-0.25, -0.2) is 22.0 Å². The second-order valence-electron chi connectivity index (χ2n) is 5.82. The van der Waals surface area contributed by atoms with Crippen LogP contribution in [-0.4, -0.2) is 46.3 Å². The van der Waals surface area contributed by atoms with Crippen LogP contribution in [0.1, 0.15) is 19.8 Å². The SMILES string of the molecule is CN(CC1(C)CCC(=O)O1)S(=O)(=O)c1ccc(Cl)c(S(N)(=O)=O)c1. The molecular formula is C13H17ClN2O6S2. The van der Waals surface area contributed by atoms with Crippen LogP contribution in [0, 0.1) is 0 Å². The summed E-state index contributed by atoms with van der Waals surface area (Å²) in [5, 5.41) is 4.87. The largest absolute Gasteiger partial charge is 0.458 e. The molecule has 0 spiro atoms. The quantitative estimate of drug-likeness (QED) is 0.730. The van der Waals surface area contributed by atoms with E-state index in [0.717, 1.165) is 16.4 Å². The first kappa shape index (κ1) is 19.1. The van der Waals surface area contributed by atoms with Crippen LogP contribution in [0.4, 0.5) is 0 Å². The van der Waals surface area contributed by atoms with E-state index < -0.39 is 30.5 Å². The number of halogens is 1. The lowest BCUT2D eigenvalue weighted by Gasteiger charge is -2.28.